The molecule has 1 aromatic heterocycles. The van der Waals surface area contributed by atoms with Gasteiger partial charge in [0.2, 0.25) is 0 Å². The Hall–Kier alpha value is -2.63. The van der Waals surface area contributed by atoms with Gasteiger partial charge in [-0.1, -0.05) is 6.07 Å². The van der Waals surface area contributed by atoms with E-state index in [1.54, 1.807) is 12.1 Å². The molecule has 2 rings (SSSR count). The Bertz CT molecular complexity index is 523. The average molecular weight is 231 g/mol. The smallest absolute Gasteiger partial charge is 0.264 e. The molecule has 6 nitrogen and oxygen atoms in total. The second-order valence-corrected chi connectivity index (χ2v) is 3.23. The van der Waals surface area contributed by atoms with Crippen LogP contribution in [0.1, 0.15) is 10.4 Å². The topological polar surface area (TPSA) is 95.3 Å². The molecule has 0 aliphatic heterocycles. The molecule has 1 amide bonds. The molecule has 0 aliphatic carbocycles. The number of rotatable bonds is 2. The van der Waals surface area contributed by atoms with Crippen LogP contribution in [0.4, 0.5) is 5.82 Å². The molecule has 17 heavy (non-hydrogen) atoms. The lowest BCUT2D eigenvalue weighted by Gasteiger charge is -2.06. The van der Waals surface area contributed by atoms with Crippen molar-refractivity contribution in [2.75, 3.05) is 5.32 Å². The fourth-order valence-corrected chi connectivity index (χ4v) is 1.31. The lowest BCUT2D eigenvalue weighted by atomic mass is 10.1. The fraction of sp³-hybridized carbons (Fsp3) is 0. The number of anilines is 1. The number of nitrogens with zero attached hydrogens (tertiary/aromatic N) is 2. The molecule has 3 N–H and O–H groups in total. The predicted molar refractivity (Wildman–Crippen MR) is 59.8 cm³/mol. The molecule has 1 heterocycles. The Labute approximate surface area is 96.6 Å². The first-order valence-electron chi connectivity index (χ1n) is 4.78. The minimum atomic E-state index is -0.652. The van der Waals surface area contributed by atoms with Gasteiger partial charge >= 0.3 is 0 Å². The van der Waals surface area contributed by atoms with Gasteiger partial charge in [0.15, 0.2) is 5.82 Å². The van der Waals surface area contributed by atoms with Gasteiger partial charge in [0.25, 0.3) is 5.91 Å². The number of hydrogen-bond donors (Lipinski definition) is 3. The number of amides is 1. The minimum Gasteiger partial charge on any atom is -0.507 e. The minimum absolute atomic E-state index is 0.196. The summed E-state index contributed by atoms with van der Waals surface area (Å²) in [4.78, 5) is 11.8. The van der Waals surface area contributed by atoms with Crippen molar-refractivity contribution in [3.05, 3.63) is 42.1 Å². The van der Waals surface area contributed by atoms with E-state index in [1.165, 1.54) is 24.4 Å². The largest absolute Gasteiger partial charge is 0.507 e. The summed E-state index contributed by atoms with van der Waals surface area (Å²) in [5.41, 5.74) is -0.196. The molecule has 0 unspecified atom stereocenters. The van der Waals surface area contributed by atoms with Crippen molar-refractivity contribution in [3.63, 3.8) is 0 Å². The maximum atomic E-state index is 11.8. The SMILES string of the molecule is O=C(Nc1cccnn1)c1c(O)cccc1O. The molecule has 2 aromatic rings. The van der Waals surface area contributed by atoms with Gasteiger partial charge in [-0.15, -0.1) is 5.10 Å². The third-order valence-corrected chi connectivity index (χ3v) is 2.06. The van der Waals surface area contributed by atoms with Gasteiger partial charge in [-0.05, 0) is 24.3 Å². The molecular weight excluding hydrogens is 222 g/mol. The Morgan fingerprint density at radius 2 is 1.82 bits per heavy atom. The van der Waals surface area contributed by atoms with Crippen LogP contribution in [0.25, 0.3) is 0 Å². The van der Waals surface area contributed by atoms with Crippen LogP contribution >= 0.6 is 0 Å². The molecule has 0 saturated heterocycles. The van der Waals surface area contributed by atoms with Crippen molar-refractivity contribution in [3.8, 4) is 11.5 Å². The molecule has 0 fully saturated rings. The number of phenols is 2. The van der Waals surface area contributed by atoms with E-state index in [0.717, 1.165) is 0 Å². The third kappa shape index (κ3) is 2.31. The van der Waals surface area contributed by atoms with Crippen molar-refractivity contribution < 1.29 is 15.0 Å². The number of nitrogens with one attached hydrogen (secondary N) is 1. The van der Waals surface area contributed by atoms with Gasteiger partial charge in [0.05, 0.1) is 0 Å². The zero-order valence-electron chi connectivity index (χ0n) is 8.66. The molecule has 0 saturated carbocycles. The average Bonchev–Trinajstić information content (AvgIpc) is 2.30. The summed E-state index contributed by atoms with van der Waals surface area (Å²) in [6.45, 7) is 0. The van der Waals surface area contributed by atoms with E-state index in [9.17, 15) is 15.0 Å². The first-order chi connectivity index (χ1) is 8.18. The predicted octanol–water partition coefficient (Wildman–Crippen LogP) is 1.14. The second-order valence-electron chi connectivity index (χ2n) is 3.23. The van der Waals surface area contributed by atoms with E-state index in [2.05, 4.69) is 15.5 Å². The van der Waals surface area contributed by atoms with E-state index in [1.807, 2.05) is 0 Å². The van der Waals surface area contributed by atoms with Crippen LogP contribution in [0.5, 0.6) is 11.5 Å². The Kier molecular flexibility index (Phi) is 2.87. The summed E-state index contributed by atoms with van der Waals surface area (Å²) in [5, 5.41) is 28.6. The molecule has 86 valence electrons. The molecule has 0 aliphatic rings. The number of carbonyl (C=O) groups is 1. The van der Waals surface area contributed by atoms with Crippen LogP contribution in [-0.2, 0) is 0 Å². The van der Waals surface area contributed by atoms with E-state index in [4.69, 9.17) is 0 Å². The van der Waals surface area contributed by atoms with Crippen LogP contribution in [0.15, 0.2) is 36.5 Å². The van der Waals surface area contributed by atoms with Crippen LogP contribution in [0, 0.1) is 0 Å². The Morgan fingerprint density at radius 1 is 1.12 bits per heavy atom. The quantitative estimate of drug-likeness (QED) is 0.720. The van der Waals surface area contributed by atoms with Crippen molar-refractivity contribution in [1.29, 1.82) is 0 Å². The van der Waals surface area contributed by atoms with Crippen LogP contribution in [-0.4, -0.2) is 26.3 Å². The summed E-state index contributed by atoms with van der Waals surface area (Å²) in [6.07, 6.45) is 1.47. The highest BCUT2D eigenvalue weighted by atomic mass is 16.3. The highest BCUT2D eigenvalue weighted by Crippen LogP contribution is 2.26. The second kappa shape index (κ2) is 4.48. The van der Waals surface area contributed by atoms with E-state index in [-0.39, 0.29) is 22.9 Å². The molecule has 0 atom stereocenters. The van der Waals surface area contributed by atoms with Gasteiger partial charge in [-0.2, -0.15) is 5.10 Å². The van der Waals surface area contributed by atoms with E-state index in [0.29, 0.717) is 0 Å². The lowest BCUT2D eigenvalue weighted by molar-refractivity contribution is 0.102. The molecule has 0 radical (unpaired) electrons. The first kappa shape index (κ1) is 10.9. The number of aromatic nitrogens is 2. The number of hydrogen-bond acceptors (Lipinski definition) is 5. The monoisotopic (exact) mass is 231 g/mol. The third-order valence-electron chi connectivity index (χ3n) is 2.06. The number of aromatic hydroxyl groups is 2. The maximum Gasteiger partial charge on any atom is 0.264 e. The van der Waals surface area contributed by atoms with Crippen LogP contribution in [0.2, 0.25) is 0 Å². The lowest BCUT2D eigenvalue weighted by Crippen LogP contribution is -2.13. The fourth-order valence-electron chi connectivity index (χ4n) is 1.31. The zero-order valence-corrected chi connectivity index (χ0v) is 8.66. The number of phenolic OH excluding ortho intramolecular Hbond substituents is 2. The van der Waals surface area contributed by atoms with Gasteiger partial charge in [0, 0.05) is 6.20 Å². The van der Waals surface area contributed by atoms with Crippen molar-refractivity contribution in [2.24, 2.45) is 0 Å². The molecule has 0 spiro atoms. The molecule has 1 aromatic carbocycles. The van der Waals surface area contributed by atoms with Gasteiger partial charge in [-0.25, -0.2) is 0 Å². The van der Waals surface area contributed by atoms with Gasteiger partial charge in [-0.3, -0.25) is 4.79 Å². The summed E-state index contributed by atoms with van der Waals surface area (Å²) in [5.74, 6) is -1.01. The van der Waals surface area contributed by atoms with Crippen molar-refractivity contribution in [1.82, 2.24) is 10.2 Å². The normalized spacial score (nSPS) is 9.88. The molecular formula is C11H9N3O3. The summed E-state index contributed by atoms with van der Waals surface area (Å²) in [6, 6.07) is 7.20. The summed E-state index contributed by atoms with van der Waals surface area (Å²) < 4.78 is 0. The highest BCUT2D eigenvalue weighted by Gasteiger charge is 2.16. The van der Waals surface area contributed by atoms with Crippen LogP contribution in [0.3, 0.4) is 0 Å². The number of carbonyl (C=O) groups excluding carboxylic acids is 1. The van der Waals surface area contributed by atoms with Crippen molar-refractivity contribution >= 4 is 11.7 Å². The maximum absolute atomic E-state index is 11.8. The molecule has 6 heteroatoms. The van der Waals surface area contributed by atoms with Crippen molar-refractivity contribution in [2.45, 2.75) is 0 Å². The summed E-state index contributed by atoms with van der Waals surface area (Å²) in [7, 11) is 0. The Morgan fingerprint density at radius 3 is 2.41 bits per heavy atom. The van der Waals surface area contributed by atoms with Gasteiger partial charge < -0.3 is 15.5 Å². The van der Waals surface area contributed by atoms with E-state index >= 15 is 0 Å². The van der Waals surface area contributed by atoms with E-state index < -0.39 is 5.91 Å². The molecule has 0 bridgehead atoms. The number of benzene rings is 1. The highest BCUT2D eigenvalue weighted by molar-refractivity contribution is 6.07. The summed E-state index contributed by atoms with van der Waals surface area (Å²) >= 11 is 0. The zero-order chi connectivity index (χ0) is 12.3. The Balaban J connectivity index is 2.27. The van der Waals surface area contributed by atoms with Gasteiger partial charge in [0.1, 0.15) is 17.1 Å². The first-order valence-corrected chi connectivity index (χ1v) is 4.78. The standard InChI is InChI=1S/C11H9N3O3/c15-7-3-1-4-8(16)10(7)11(17)13-9-5-2-6-12-14-9/h1-6,15-16H,(H,13,14,17). The van der Waals surface area contributed by atoms with Crippen LogP contribution < -0.4 is 5.32 Å².